The smallest absolute Gasteiger partial charge is 0.363 e. The van der Waals surface area contributed by atoms with E-state index in [0.29, 0.717) is 63.6 Å². The van der Waals surface area contributed by atoms with Gasteiger partial charge in [-0.3, -0.25) is 9.59 Å². The largest absolute Gasteiger partial charge is 0.391 e. The SMILES string of the molecule is Cn1c(Nc2c(Cl)ccc(CNC(=O)C(C)(C)C)c2Cl)nc2cc(C(=O)NC3CCC(C(F)(F)F)CC3)c(N3CCn4cncc4C3)cc21. The van der Waals surface area contributed by atoms with Crippen molar-refractivity contribution < 1.29 is 22.8 Å². The Labute approximate surface area is 292 Å². The van der Waals surface area contributed by atoms with Crippen LogP contribution in [0.15, 0.2) is 36.8 Å². The molecule has 0 bridgehead atoms. The summed E-state index contributed by atoms with van der Waals surface area (Å²) in [5.41, 5.74) is 3.85. The van der Waals surface area contributed by atoms with Crippen molar-refractivity contribution in [1.29, 1.82) is 0 Å². The van der Waals surface area contributed by atoms with Gasteiger partial charge >= 0.3 is 6.18 Å². The third-order valence-electron chi connectivity index (χ3n) is 9.40. The number of fused-ring (bicyclic) bond motifs is 2. The number of benzene rings is 2. The minimum absolute atomic E-state index is 0.0129. The van der Waals surface area contributed by atoms with E-state index < -0.39 is 17.5 Å². The third kappa shape index (κ3) is 7.33. The van der Waals surface area contributed by atoms with E-state index in [-0.39, 0.29) is 50.1 Å². The maximum atomic E-state index is 13.9. The van der Waals surface area contributed by atoms with Gasteiger partial charge in [-0.2, -0.15) is 13.2 Å². The number of amides is 2. The van der Waals surface area contributed by atoms with Crippen LogP contribution in [-0.2, 0) is 31.5 Å². The van der Waals surface area contributed by atoms with Crippen molar-refractivity contribution in [2.45, 2.75) is 78.3 Å². The Bertz CT molecular complexity index is 1890. The first-order chi connectivity index (χ1) is 23.1. The number of rotatable bonds is 7. The van der Waals surface area contributed by atoms with E-state index in [4.69, 9.17) is 28.2 Å². The monoisotopic (exact) mass is 718 g/mol. The van der Waals surface area contributed by atoms with Crippen LogP contribution < -0.4 is 20.9 Å². The van der Waals surface area contributed by atoms with Gasteiger partial charge in [-0.05, 0) is 49.4 Å². The molecule has 2 aliphatic rings. The zero-order valence-electron chi connectivity index (χ0n) is 27.7. The van der Waals surface area contributed by atoms with Crippen LogP contribution in [0.3, 0.4) is 0 Å². The first kappa shape index (κ1) is 34.9. The summed E-state index contributed by atoms with van der Waals surface area (Å²) in [6.45, 7) is 7.51. The molecule has 3 heterocycles. The van der Waals surface area contributed by atoms with Crippen LogP contribution in [0.4, 0.5) is 30.5 Å². The fourth-order valence-corrected chi connectivity index (χ4v) is 6.93. The molecule has 0 spiro atoms. The Morgan fingerprint density at radius 1 is 1.04 bits per heavy atom. The molecule has 1 saturated carbocycles. The molecular formula is C34H39Cl2F3N8O2. The standard InChI is InChI=1S/C34H39Cl2F3N8O2/c1-33(2,3)31(49)41-15-19-5-10-24(35)29(28(19)36)44-32-43-25-13-23(30(48)42-21-8-6-20(7-9-21)34(37,38)39)26(14-27(25)45(32)4)46-11-12-47-18-40-16-22(47)17-46/h5,10,13-14,16,18,20-21H,6-9,11-12,15,17H2,1-4H3,(H,41,49)(H,42,48)(H,43,44). The lowest BCUT2D eigenvalue weighted by Crippen LogP contribution is -2.41. The second-order valence-electron chi connectivity index (χ2n) is 13.9. The van der Waals surface area contributed by atoms with Gasteiger partial charge in [0.2, 0.25) is 11.9 Å². The van der Waals surface area contributed by atoms with E-state index in [1.54, 1.807) is 30.7 Å². The molecule has 3 N–H and O–H groups in total. The Hall–Kier alpha value is -3.97. The van der Waals surface area contributed by atoms with Gasteiger partial charge in [0.05, 0.1) is 62.5 Å². The summed E-state index contributed by atoms with van der Waals surface area (Å²) in [4.78, 5) is 37.5. The second-order valence-corrected chi connectivity index (χ2v) is 14.7. The highest BCUT2D eigenvalue weighted by Crippen LogP contribution is 2.39. The first-order valence-corrected chi connectivity index (χ1v) is 17.0. The highest BCUT2D eigenvalue weighted by molar-refractivity contribution is 6.39. The number of carbonyl (C=O) groups is 2. The number of hydrogen-bond donors (Lipinski definition) is 3. The van der Waals surface area contributed by atoms with Gasteiger partial charge in [0.25, 0.3) is 5.91 Å². The third-order valence-corrected chi connectivity index (χ3v) is 10.1. The molecule has 0 unspecified atom stereocenters. The number of anilines is 3. The lowest BCUT2D eigenvalue weighted by atomic mass is 9.85. The Kier molecular flexibility index (Phi) is 9.53. The average molecular weight is 720 g/mol. The highest BCUT2D eigenvalue weighted by atomic mass is 35.5. The zero-order chi connectivity index (χ0) is 35.2. The number of halogens is 5. The Balaban J connectivity index is 1.31. The maximum absolute atomic E-state index is 13.9. The topological polar surface area (TPSA) is 109 Å². The molecule has 1 aliphatic heterocycles. The summed E-state index contributed by atoms with van der Waals surface area (Å²) in [6, 6.07) is 6.73. The number of carbonyl (C=O) groups excluding carboxylic acids is 2. The zero-order valence-corrected chi connectivity index (χ0v) is 29.2. The number of nitrogens with zero attached hydrogens (tertiary/aromatic N) is 5. The van der Waals surface area contributed by atoms with Crippen molar-refractivity contribution >= 4 is 63.4 Å². The molecule has 0 atom stereocenters. The summed E-state index contributed by atoms with van der Waals surface area (Å²) in [5.74, 6) is -1.40. The molecule has 262 valence electrons. The predicted molar refractivity (Wildman–Crippen MR) is 184 cm³/mol. The van der Waals surface area contributed by atoms with Gasteiger partial charge in [0.15, 0.2) is 0 Å². The predicted octanol–water partition coefficient (Wildman–Crippen LogP) is 7.35. The van der Waals surface area contributed by atoms with Gasteiger partial charge in [-0.25, -0.2) is 9.97 Å². The van der Waals surface area contributed by atoms with Crippen LogP contribution in [0.2, 0.25) is 10.0 Å². The lowest BCUT2D eigenvalue weighted by Gasteiger charge is -2.33. The van der Waals surface area contributed by atoms with Gasteiger partial charge in [0, 0.05) is 44.3 Å². The normalized spacial score (nSPS) is 18.3. The van der Waals surface area contributed by atoms with Gasteiger partial charge in [-0.15, -0.1) is 0 Å². The van der Waals surface area contributed by atoms with Crippen molar-refractivity contribution in [2.75, 3.05) is 16.8 Å². The van der Waals surface area contributed by atoms with Crippen LogP contribution in [0.25, 0.3) is 11.0 Å². The fourth-order valence-electron chi connectivity index (χ4n) is 6.40. The van der Waals surface area contributed by atoms with Crippen LogP contribution in [0, 0.1) is 11.3 Å². The molecule has 4 aromatic rings. The van der Waals surface area contributed by atoms with Crippen LogP contribution in [0.1, 0.15) is 68.1 Å². The molecular weight excluding hydrogens is 680 g/mol. The van der Waals surface area contributed by atoms with Gasteiger partial charge < -0.3 is 30.0 Å². The molecule has 1 fully saturated rings. The second kappa shape index (κ2) is 13.4. The molecule has 2 aromatic heterocycles. The van der Waals surface area contributed by atoms with Crippen LogP contribution >= 0.6 is 23.2 Å². The lowest BCUT2D eigenvalue weighted by molar-refractivity contribution is -0.182. The molecule has 0 radical (unpaired) electrons. The van der Waals surface area contributed by atoms with Gasteiger partial charge in [-0.1, -0.05) is 50.0 Å². The molecule has 0 saturated heterocycles. The Morgan fingerprint density at radius 2 is 1.78 bits per heavy atom. The van der Waals surface area contributed by atoms with E-state index in [0.717, 1.165) is 11.2 Å². The minimum Gasteiger partial charge on any atom is -0.363 e. The van der Waals surface area contributed by atoms with E-state index in [9.17, 15) is 22.8 Å². The van der Waals surface area contributed by atoms with Crippen molar-refractivity contribution in [3.8, 4) is 0 Å². The highest BCUT2D eigenvalue weighted by Gasteiger charge is 2.41. The molecule has 6 rings (SSSR count). The number of alkyl halides is 3. The number of hydrogen-bond acceptors (Lipinski definition) is 6. The summed E-state index contributed by atoms with van der Waals surface area (Å²) in [5, 5.41) is 9.86. The molecule has 10 nitrogen and oxygen atoms in total. The summed E-state index contributed by atoms with van der Waals surface area (Å²) in [6.07, 6.45) is -0.156. The van der Waals surface area contributed by atoms with Crippen LogP contribution in [0.5, 0.6) is 0 Å². The molecule has 2 aromatic carbocycles. The van der Waals surface area contributed by atoms with E-state index in [1.807, 2.05) is 38.5 Å². The minimum atomic E-state index is -4.23. The molecule has 15 heteroatoms. The van der Waals surface area contributed by atoms with E-state index in [2.05, 4.69) is 30.4 Å². The number of aromatic nitrogens is 4. The Morgan fingerprint density at radius 3 is 2.47 bits per heavy atom. The molecule has 2 amide bonds. The first-order valence-electron chi connectivity index (χ1n) is 16.2. The average Bonchev–Trinajstić information content (AvgIpc) is 3.64. The van der Waals surface area contributed by atoms with Crippen molar-refractivity contribution in [1.82, 2.24) is 29.7 Å². The fraction of sp³-hybridized carbons (Fsp3) is 0.471. The summed E-state index contributed by atoms with van der Waals surface area (Å²) >= 11 is 13.4. The number of nitrogens with one attached hydrogen (secondary N) is 3. The van der Waals surface area contributed by atoms with Crippen molar-refractivity contribution in [3.63, 3.8) is 0 Å². The quantitative estimate of drug-likeness (QED) is 0.184. The van der Waals surface area contributed by atoms with Gasteiger partial charge in [0.1, 0.15) is 0 Å². The maximum Gasteiger partial charge on any atom is 0.391 e. The summed E-state index contributed by atoms with van der Waals surface area (Å²) < 4.78 is 43.7. The van der Waals surface area contributed by atoms with Crippen LogP contribution in [-0.4, -0.2) is 49.7 Å². The van der Waals surface area contributed by atoms with E-state index >= 15 is 0 Å². The molecule has 49 heavy (non-hydrogen) atoms. The van der Waals surface area contributed by atoms with Crippen molar-refractivity contribution in [3.05, 3.63) is 63.7 Å². The van der Waals surface area contributed by atoms with Crippen molar-refractivity contribution in [2.24, 2.45) is 18.4 Å². The number of aryl methyl sites for hydroxylation is 1. The number of imidazole rings is 2. The van der Waals surface area contributed by atoms with E-state index in [1.165, 1.54) is 0 Å². The molecule has 1 aliphatic carbocycles. The summed E-state index contributed by atoms with van der Waals surface area (Å²) in [7, 11) is 1.83.